The SMILES string of the molecule is CCNC(C)c1cnc(CCOCCOC)nc1C. The van der Waals surface area contributed by atoms with Gasteiger partial charge in [0.15, 0.2) is 0 Å². The van der Waals surface area contributed by atoms with Gasteiger partial charge in [-0.2, -0.15) is 0 Å². The van der Waals surface area contributed by atoms with Crippen molar-refractivity contribution in [1.82, 2.24) is 15.3 Å². The molecule has 1 atom stereocenters. The molecule has 1 aromatic rings. The average Bonchev–Trinajstić information content (AvgIpc) is 2.39. The standard InChI is InChI=1S/C14H25N3O2/c1-5-15-11(2)13-10-16-14(17-12(13)3)6-7-19-9-8-18-4/h10-11,15H,5-9H2,1-4H3. The number of hydrogen-bond donors (Lipinski definition) is 1. The molecule has 0 aromatic carbocycles. The van der Waals surface area contributed by atoms with Crippen molar-refractivity contribution in [3.63, 3.8) is 0 Å². The van der Waals surface area contributed by atoms with Crippen LogP contribution in [0, 0.1) is 6.92 Å². The van der Waals surface area contributed by atoms with Crippen LogP contribution in [-0.4, -0.2) is 43.4 Å². The van der Waals surface area contributed by atoms with Gasteiger partial charge >= 0.3 is 0 Å². The first-order valence-electron chi connectivity index (χ1n) is 6.81. The first kappa shape index (κ1) is 16.0. The Bertz CT molecular complexity index is 372. The van der Waals surface area contributed by atoms with Crippen molar-refractivity contribution in [2.24, 2.45) is 0 Å². The molecule has 1 aromatic heterocycles. The fraction of sp³-hybridized carbons (Fsp3) is 0.714. The second-order valence-electron chi connectivity index (χ2n) is 4.46. The van der Waals surface area contributed by atoms with Gasteiger partial charge in [-0.1, -0.05) is 6.92 Å². The molecule has 0 aliphatic rings. The number of aromatic nitrogens is 2. The minimum Gasteiger partial charge on any atom is -0.382 e. The molecule has 5 nitrogen and oxygen atoms in total. The molecule has 0 bridgehead atoms. The molecule has 1 N–H and O–H groups in total. The summed E-state index contributed by atoms with van der Waals surface area (Å²) in [5.74, 6) is 0.836. The highest BCUT2D eigenvalue weighted by molar-refractivity contribution is 5.19. The molecule has 0 amide bonds. The van der Waals surface area contributed by atoms with Crippen LogP contribution in [0.2, 0.25) is 0 Å². The van der Waals surface area contributed by atoms with Crippen molar-refractivity contribution in [2.75, 3.05) is 33.5 Å². The third-order valence-corrected chi connectivity index (χ3v) is 2.95. The van der Waals surface area contributed by atoms with Crippen LogP contribution < -0.4 is 5.32 Å². The van der Waals surface area contributed by atoms with Crippen LogP contribution in [0.3, 0.4) is 0 Å². The zero-order valence-corrected chi connectivity index (χ0v) is 12.4. The van der Waals surface area contributed by atoms with Gasteiger partial charge < -0.3 is 14.8 Å². The van der Waals surface area contributed by atoms with Gasteiger partial charge in [-0.15, -0.1) is 0 Å². The number of rotatable bonds is 9. The summed E-state index contributed by atoms with van der Waals surface area (Å²) in [6.45, 7) is 9.06. The monoisotopic (exact) mass is 267 g/mol. The number of aryl methyl sites for hydroxylation is 1. The Balaban J connectivity index is 2.47. The van der Waals surface area contributed by atoms with Crippen molar-refractivity contribution >= 4 is 0 Å². The summed E-state index contributed by atoms with van der Waals surface area (Å²) in [5, 5.41) is 3.37. The third-order valence-electron chi connectivity index (χ3n) is 2.95. The lowest BCUT2D eigenvalue weighted by Crippen LogP contribution is -2.19. The molecule has 0 aliphatic heterocycles. The third kappa shape index (κ3) is 5.63. The van der Waals surface area contributed by atoms with Crippen molar-refractivity contribution in [1.29, 1.82) is 0 Å². The lowest BCUT2D eigenvalue weighted by molar-refractivity contribution is 0.0716. The molecule has 0 saturated heterocycles. The predicted molar refractivity (Wildman–Crippen MR) is 75.3 cm³/mol. The number of nitrogens with zero attached hydrogens (tertiary/aromatic N) is 2. The van der Waals surface area contributed by atoms with Crippen molar-refractivity contribution in [3.8, 4) is 0 Å². The molecule has 108 valence electrons. The largest absolute Gasteiger partial charge is 0.382 e. The summed E-state index contributed by atoms with van der Waals surface area (Å²) in [7, 11) is 1.67. The quantitative estimate of drug-likeness (QED) is 0.690. The highest BCUT2D eigenvalue weighted by Crippen LogP contribution is 2.14. The van der Waals surface area contributed by atoms with Crippen LogP contribution in [0.15, 0.2) is 6.20 Å². The molecule has 0 spiro atoms. The zero-order valence-electron chi connectivity index (χ0n) is 12.4. The van der Waals surface area contributed by atoms with Gasteiger partial charge in [-0.05, 0) is 20.4 Å². The van der Waals surface area contributed by atoms with Gasteiger partial charge in [0, 0.05) is 37.0 Å². The van der Waals surface area contributed by atoms with Gasteiger partial charge in [0.1, 0.15) is 5.82 Å². The lowest BCUT2D eigenvalue weighted by atomic mass is 10.1. The fourth-order valence-electron chi connectivity index (χ4n) is 1.89. The molecule has 1 unspecified atom stereocenters. The first-order chi connectivity index (χ1) is 9.19. The fourth-order valence-corrected chi connectivity index (χ4v) is 1.89. The van der Waals surface area contributed by atoms with Crippen LogP contribution in [0.4, 0.5) is 0 Å². The predicted octanol–water partition coefficient (Wildman–Crippen LogP) is 1.66. The Morgan fingerprint density at radius 3 is 2.74 bits per heavy atom. The van der Waals surface area contributed by atoms with Crippen LogP contribution in [0.5, 0.6) is 0 Å². The van der Waals surface area contributed by atoms with E-state index in [9.17, 15) is 0 Å². The van der Waals surface area contributed by atoms with Gasteiger partial charge in [-0.3, -0.25) is 0 Å². The van der Waals surface area contributed by atoms with E-state index in [1.54, 1.807) is 7.11 Å². The summed E-state index contributed by atoms with van der Waals surface area (Å²) < 4.78 is 10.3. The average molecular weight is 267 g/mol. The smallest absolute Gasteiger partial charge is 0.130 e. The van der Waals surface area contributed by atoms with Gasteiger partial charge in [0.2, 0.25) is 0 Å². The number of hydrogen-bond acceptors (Lipinski definition) is 5. The molecule has 1 rings (SSSR count). The minimum atomic E-state index is 0.289. The summed E-state index contributed by atoms with van der Waals surface area (Å²) in [5.41, 5.74) is 2.20. The second kappa shape index (κ2) is 8.96. The van der Waals surface area contributed by atoms with E-state index in [2.05, 4.69) is 29.1 Å². The maximum absolute atomic E-state index is 5.42. The van der Waals surface area contributed by atoms with Crippen LogP contribution >= 0.6 is 0 Å². The lowest BCUT2D eigenvalue weighted by Gasteiger charge is -2.15. The molecule has 19 heavy (non-hydrogen) atoms. The Morgan fingerprint density at radius 2 is 2.11 bits per heavy atom. The van der Waals surface area contributed by atoms with E-state index in [0.29, 0.717) is 19.8 Å². The number of nitrogens with one attached hydrogen (secondary N) is 1. The van der Waals surface area contributed by atoms with E-state index in [0.717, 1.165) is 30.0 Å². The van der Waals surface area contributed by atoms with E-state index >= 15 is 0 Å². The summed E-state index contributed by atoms with van der Waals surface area (Å²) in [6, 6.07) is 0.289. The Labute approximate surface area is 115 Å². The highest BCUT2D eigenvalue weighted by Gasteiger charge is 2.09. The molecule has 0 radical (unpaired) electrons. The number of methoxy groups -OCH3 is 1. The van der Waals surface area contributed by atoms with E-state index < -0.39 is 0 Å². The molecular formula is C14H25N3O2. The molecule has 5 heteroatoms. The Hall–Kier alpha value is -1.04. The maximum Gasteiger partial charge on any atom is 0.130 e. The minimum absolute atomic E-state index is 0.289. The maximum atomic E-state index is 5.42. The van der Waals surface area contributed by atoms with Crippen LogP contribution in [-0.2, 0) is 15.9 Å². The van der Waals surface area contributed by atoms with Crippen molar-refractivity contribution in [2.45, 2.75) is 33.2 Å². The van der Waals surface area contributed by atoms with Crippen molar-refractivity contribution in [3.05, 3.63) is 23.3 Å². The van der Waals surface area contributed by atoms with Gasteiger partial charge in [0.05, 0.1) is 19.8 Å². The molecule has 1 heterocycles. The first-order valence-corrected chi connectivity index (χ1v) is 6.81. The second-order valence-corrected chi connectivity index (χ2v) is 4.46. The Kier molecular flexibility index (Phi) is 7.55. The zero-order chi connectivity index (χ0) is 14.1. The molecule has 0 fully saturated rings. The normalized spacial score (nSPS) is 12.6. The van der Waals surface area contributed by atoms with Crippen LogP contribution in [0.25, 0.3) is 0 Å². The van der Waals surface area contributed by atoms with E-state index in [1.807, 2.05) is 13.1 Å². The topological polar surface area (TPSA) is 56.3 Å². The van der Waals surface area contributed by atoms with Gasteiger partial charge in [0.25, 0.3) is 0 Å². The molecule has 0 aliphatic carbocycles. The van der Waals surface area contributed by atoms with Crippen molar-refractivity contribution < 1.29 is 9.47 Å². The summed E-state index contributed by atoms with van der Waals surface area (Å²) in [4.78, 5) is 8.93. The molecular weight excluding hydrogens is 242 g/mol. The van der Waals surface area contributed by atoms with Gasteiger partial charge in [-0.25, -0.2) is 9.97 Å². The van der Waals surface area contributed by atoms with E-state index in [1.165, 1.54) is 0 Å². The Morgan fingerprint density at radius 1 is 1.32 bits per heavy atom. The summed E-state index contributed by atoms with van der Waals surface area (Å²) >= 11 is 0. The number of ether oxygens (including phenoxy) is 2. The summed E-state index contributed by atoms with van der Waals surface area (Å²) in [6.07, 6.45) is 2.65. The highest BCUT2D eigenvalue weighted by atomic mass is 16.5. The van der Waals surface area contributed by atoms with E-state index in [-0.39, 0.29) is 6.04 Å². The molecule has 0 saturated carbocycles. The van der Waals surface area contributed by atoms with Crippen LogP contribution in [0.1, 0.15) is 37.0 Å². The van der Waals surface area contributed by atoms with E-state index in [4.69, 9.17) is 9.47 Å².